The Hall–Kier alpha value is -0.950. The summed E-state index contributed by atoms with van der Waals surface area (Å²) in [4.78, 5) is 0. The summed E-state index contributed by atoms with van der Waals surface area (Å²) in [6.07, 6.45) is 4.69. The summed E-state index contributed by atoms with van der Waals surface area (Å²) in [5.74, 6) is 1.96. The molecule has 7 heteroatoms. The highest BCUT2D eigenvalue weighted by Crippen LogP contribution is 2.26. The third-order valence-corrected chi connectivity index (χ3v) is 6.22. The normalized spacial score (nSPS) is 30.3. The molecule has 1 aromatic heterocycles. The molecule has 0 amide bonds. The van der Waals surface area contributed by atoms with Gasteiger partial charge in [-0.15, -0.1) is 10.2 Å². The average Bonchev–Trinajstić information content (AvgIpc) is 2.85. The zero-order valence-electron chi connectivity index (χ0n) is 10.2. The second-order valence-corrected chi connectivity index (χ2v) is 7.60. The van der Waals surface area contributed by atoms with Crippen molar-refractivity contribution in [1.82, 2.24) is 14.8 Å². The molecule has 1 fully saturated rings. The van der Waals surface area contributed by atoms with Crippen LogP contribution in [0.25, 0.3) is 0 Å². The molecule has 0 saturated carbocycles. The van der Waals surface area contributed by atoms with Crippen molar-refractivity contribution < 1.29 is 8.42 Å². The van der Waals surface area contributed by atoms with Crippen LogP contribution in [0.3, 0.4) is 0 Å². The molecule has 2 aliphatic rings. The first kappa shape index (κ1) is 12.1. The number of nitrogens with zero attached hydrogens (tertiary/aromatic N) is 3. The standard InChI is InChI=1S/C11H18N4O2S/c12-9-4-1-5-10-13-14-11(15(9)10)7-8-3-2-6-18(8,16)17/h8-9H,1-7,12H2. The van der Waals surface area contributed by atoms with Gasteiger partial charge in [-0.25, -0.2) is 8.42 Å². The minimum Gasteiger partial charge on any atom is -0.311 e. The molecule has 1 aromatic rings. The molecule has 2 unspecified atom stereocenters. The number of hydrogen-bond acceptors (Lipinski definition) is 5. The fraction of sp³-hybridized carbons (Fsp3) is 0.818. The van der Waals surface area contributed by atoms with Crippen molar-refractivity contribution in [3.05, 3.63) is 11.6 Å². The molecular weight excluding hydrogens is 252 g/mol. The van der Waals surface area contributed by atoms with Gasteiger partial charge in [0.1, 0.15) is 11.6 Å². The van der Waals surface area contributed by atoms with Crippen LogP contribution in [-0.4, -0.2) is 34.2 Å². The van der Waals surface area contributed by atoms with Crippen LogP contribution in [-0.2, 0) is 22.7 Å². The Kier molecular flexibility index (Phi) is 2.90. The summed E-state index contributed by atoms with van der Waals surface area (Å²) in [6, 6.07) is 0. The van der Waals surface area contributed by atoms with E-state index in [-0.39, 0.29) is 11.4 Å². The van der Waals surface area contributed by atoms with Gasteiger partial charge in [-0.3, -0.25) is 4.57 Å². The van der Waals surface area contributed by atoms with Crippen molar-refractivity contribution in [2.75, 3.05) is 5.75 Å². The summed E-state index contributed by atoms with van der Waals surface area (Å²) in [5.41, 5.74) is 6.07. The molecule has 2 aliphatic heterocycles. The minimum atomic E-state index is -2.93. The molecule has 0 spiro atoms. The Morgan fingerprint density at radius 3 is 2.83 bits per heavy atom. The molecule has 0 aliphatic carbocycles. The SMILES string of the molecule is NC1CCCc2nnc(CC3CCCS3(=O)=O)n21. The van der Waals surface area contributed by atoms with E-state index in [1.165, 1.54) is 0 Å². The number of rotatable bonds is 2. The first-order valence-electron chi connectivity index (χ1n) is 6.48. The van der Waals surface area contributed by atoms with Crippen LogP contribution in [0.4, 0.5) is 0 Å². The first-order chi connectivity index (χ1) is 8.58. The molecular formula is C11H18N4O2S. The first-order valence-corrected chi connectivity index (χ1v) is 8.19. The predicted octanol–water partition coefficient (Wildman–Crippen LogP) is 0.191. The number of nitrogens with two attached hydrogens (primary N) is 1. The van der Waals surface area contributed by atoms with Crippen molar-refractivity contribution in [3.63, 3.8) is 0 Å². The summed E-state index contributed by atoms with van der Waals surface area (Å²) >= 11 is 0. The predicted molar refractivity (Wildman–Crippen MR) is 66.7 cm³/mol. The quantitative estimate of drug-likeness (QED) is 0.828. The van der Waals surface area contributed by atoms with E-state index < -0.39 is 9.84 Å². The van der Waals surface area contributed by atoms with Gasteiger partial charge in [-0.2, -0.15) is 0 Å². The van der Waals surface area contributed by atoms with Crippen LogP contribution in [0.5, 0.6) is 0 Å². The highest BCUT2D eigenvalue weighted by Gasteiger charge is 2.33. The van der Waals surface area contributed by atoms with Crippen LogP contribution >= 0.6 is 0 Å². The van der Waals surface area contributed by atoms with Gasteiger partial charge < -0.3 is 5.73 Å². The smallest absolute Gasteiger partial charge is 0.153 e. The topological polar surface area (TPSA) is 90.9 Å². The fourth-order valence-electron chi connectivity index (χ4n) is 2.94. The van der Waals surface area contributed by atoms with Crippen LogP contribution in [0.2, 0.25) is 0 Å². The number of aromatic nitrogens is 3. The third-order valence-electron chi connectivity index (χ3n) is 3.94. The van der Waals surface area contributed by atoms with Crippen molar-refractivity contribution in [2.45, 2.75) is 49.9 Å². The zero-order valence-corrected chi connectivity index (χ0v) is 11.1. The Morgan fingerprint density at radius 2 is 2.11 bits per heavy atom. The van der Waals surface area contributed by atoms with E-state index in [1.54, 1.807) is 0 Å². The molecule has 18 heavy (non-hydrogen) atoms. The van der Waals surface area contributed by atoms with Gasteiger partial charge >= 0.3 is 0 Å². The molecule has 2 N–H and O–H groups in total. The summed E-state index contributed by atoms with van der Waals surface area (Å²) in [5, 5.41) is 7.99. The van der Waals surface area contributed by atoms with Gasteiger partial charge in [-0.05, 0) is 25.7 Å². The fourth-order valence-corrected chi connectivity index (χ4v) is 4.77. The van der Waals surface area contributed by atoms with Gasteiger partial charge in [0, 0.05) is 12.8 Å². The Bertz CT molecular complexity index is 551. The molecule has 3 heterocycles. The average molecular weight is 270 g/mol. The van der Waals surface area contributed by atoms with Crippen molar-refractivity contribution >= 4 is 9.84 Å². The molecule has 0 bridgehead atoms. The molecule has 2 atom stereocenters. The van der Waals surface area contributed by atoms with E-state index in [0.29, 0.717) is 12.2 Å². The Labute approximate surface area is 106 Å². The summed E-state index contributed by atoms with van der Waals surface area (Å²) in [7, 11) is -2.93. The van der Waals surface area contributed by atoms with E-state index in [9.17, 15) is 8.42 Å². The lowest BCUT2D eigenvalue weighted by atomic mass is 10.1. The summed E-state index contributed by atoms with van der Waals surface area (Å²) in [6.45, 7) is 0. The number of sulfone groups is 1. The van der Waals surface area contributed by atoms with Gasteiger partial charge in [0.15, 0.2) is 9.84 Å². The van der Waals surface area contributed by atoms with E-state index in [2.05, 4.69) is 10.2 Å². The van der Waals surface area contributed by atoms with Crippen molar-refractivity contribution in [3.8, 4) is 0 Å². The maximum absolute atomic E-state index is 11.8. The third kappa shape index (κ3) is 1.95. The van der Waals surface area contributed by atoms with E-state index in [1.807, 2.05) is 4.57 Å². The lowest BCUT2D eigenvalue weighted by Gasteiger charge is -2.23. The van der Waals surface area contributed by atoms with Crippen LogP contribution < -0.4 is 5.73 Å². The largest absolute Gasteiger partial charge is 0.311 e. The minimum absolute atomic E-state index is 0.0946. The van der Waals surface area contributed by atoms with Crippen LogP contribution in [0.1, 0.15) is 43.5 Å². The van der Waals surface area contributed by atoms with E-state index in [4.69, 9.17) is 5.73 Å². The summed E-state index contributed by atoms with van der Waals surface area (Å²) < 4.78 is 25.6. The molecule has 6 nitrogen and oxygen atoms in total. The number of hydrogen-bond donors (Lipinski definition) is 1. The lowest BCUT2D eigenvalue weighted by molar-refractivity contribution is 0.395. The highest BCUT2D eigenvalue weighted by molar-refractivity contribution is 7.92. The van der Waals surface area contributed by atoms with Gasteiger partial charge in [0.05, 0.1) is 17.2 Å². The van der Waals surface area contributed by atoms with Gasteiger partial charge in [0.25, 0.3) is 0 Å². The zero-order chi connectivity index (χ0) is 12.8. The molecule has 100 valence electrons. The Morgan fingerprint density at radius 1 is 1.28 bits per heavy atom. The highest BCUT2D eigenvalue weighted by atomic mass is 32.2. The van der Waals surface area contributed by atoms with Crippen LogP contribution in [0, 0.1) is 0 Å². The molecule has 3 rings (SSSR count). The molecule has 0 aromatic carbocycles. The number of aryl methyl sites for hydroxylation is 1. The van der Waals surface area contributed by atoms with Gasteiger partial charge in [0.2, 0.25) is 0 Å². The van der Waals surface area contributed by atoms with Gasteiger partial charge in [-0.1, -0.05) is 0 Å². The molecule has 0 radical (unpaired) electrons. The maximum Gasteiger partial charge on any atom is 0.153 e. The van der Waals surface area contributed by atoms with Crippen LogP contribution in [0.15, 0.2) is 0 Å². The Balaban J connectivity index is 1.88. The lowest BCUT2D eigenvalue weighted by Crippen LogP contribution is -2.29. The second kappa shape index (κ2) is 4.31. The van der Waals surface area contributed by atoms with Crippen molar-refractivity contribution in [1.29, 1.82) is 0 Å². The van der Waals surface area contributed by atoms with E-state index >= 15 is 0 Å². The maximum atomic E-state index is 11.8. The van der Waals surface area contributed by atoms with Crippen molar-refractivity contribution in [2.24, 2.45) is 5.73 Å². The monoisotopic (exact) mass is 270 g/mol. The van der Waals surface area contributed by atoms with E-state index in [0.717, 1.165) is 43.8 Å². The number of fused-ring (bicyclic) bond motifs is 1. The second-order valence-electron chi connectivity index (χ2n) is 5.20. The molecule has 1 saturated heterocycles.